The van der Waals surface area contributed by atoms with Crippen molar-refractivity contribution < 1.29 is 9.90 Å². The van der Waals surface area contributed by atoms with Crippen LogP contribution in [0.3, 0.4) is 0 Å². The highest BCUT2D eigenvalue weighted by atomic mass is 32.2. The summed E-state index contributed by atoms with van der Waals surface area (Å²) in [6, 6.07) is 13.6. The SMILES string of the molecule is O=C(Nc1cc(CSCCO)ccn1)c1cc2ccccc2s1. The highest BCUT2D eigenvalue weighted by Gasteiger charge is 2.11. The standard InChI is InChI=1S/C17H16N2O2S2/c20-7-8-22-11-12-5-6-18-16(9-12)19-17(21)15-10-13-3-1-2-4-14(13)23-15/h1-6,9-10,20H,7-8,11H2,(H,18,19,21). The first-order valence-electron chi connectivity index (χ1n) is 7.20. The van der Waals surface area contributed by atoms with E-state index in [1.165, 1.54) is 11.3 Å². The van der Waals surface area contributed by atoms with Crippen molar-refractivity contribution >= 4 is 44.9 Å². The van der Waals surface area contributed by atoms with Crippen LogP contribution in [0.1, 0.15) is 15.2 Å². The van der Waals surface area contributed by atoms with Crippen molar-refractivity contribution in [1.29, 1.82) is 0 Å². The lowest BCUT2D eigenvalue weighted by Crippen LogP contribution is -2.11. The molecule has 0 aliphatic rings. The number of rotatable bonds is 6. The van der Waals surface area contributed by atoms with Gasteiger partial charge in [-0.1, -0.05) is 18.2 Å². The van der Waals surface area contributed by atoms with Gasteiger partial charge in [0.1, 0.15) is 5.82 Å². The number of aliphatic hydroxyl groups is 1. The lowest BCUT2D eigenvalue weighted by Gasteiger charge is -2.05. The van der Waals surface area contributed by atoms with E-state index in [0.717, 1.165) is 21.4 Å². The van der Waals surface area contributed by atoms with E-state index in [9.17, 15) is 4.79 Å². The second kappa shape index (κ2) is 7.59. The summed E-state index contributed by atoms with van der Waals surface area (Å²) < 4.78 is 1.10. The number of hydrogen-bond acceptors (Lipinski definition) is 5. The highest BCUT2D eigenvalue weighted by Crippen LogP contribution is 2.26. The van der Waals surface area contributed by atoms with Crippen molar-refractivity contribution in [3.63, 3.8) is 0 Å². The van der Waals surface area contributed by atoms with Crippen molar-refractivity contribution in [2.45, 2.75) is 5.75 Å². The Morgan fingerprint density at radius 3 is 2.96 bits per heavy atom. The van der Waals surface area contributed by atoms with Gasteiger partial charge in [0.05, 0.1) is 11.5 Å². The molecule has 118 valence electrons. The fourth-order valence-electron chi connectivity index (χ4n) is 2.16. The van der Waals surface area contributed by atoms with Gasteiger partial charge >= 0.3 is 0 Å². The second-order valence-electron chi connectivity index (χ2n) is 4.93. The number of carbonyl (C=O) groups excluding carboxylic acids is 1. The van der Waals surface area contributed by atoms with Crippen LogP contribution in [-0.2, 0) is 5.75 Å². The number of amides is 1. The van der Waals surface area contributed by atoms with Gasteiger partial charge in [0.25, 0.3) is 5.91 Å². The van der Waals surface area contributed by atoms with E-state index in [0.29, 0.717) is 16.4 Å². The molecule has 0 aliphatic carbocycles. The second-order valence-corrected chi connectivity index (χ2v) is 7.12. The number of thioether (sulfide) groups is 1. The molecule has 23 heavy (non-hydrogen) atoms. The lowest BCUT2D eigenvalue weighted by atomic mass is 10.2. The number of nitrogens with one attached hydrogen (secondary N) is 1. The molecule has 2 N–H and O–H groups in total. The predicted molar refractivity (Wildman–Crippen MR) is 97.3 cm³/mol. The number of thiophene rings is 1. The van der Waals surface area contributed by atoms with Gasteiger partial charge < -0.3 is 10.4 Å². The van der Waals surface area contributed by atoms with Crippen LogP contribution in [-0.4, -0.2) is 28.4 Å². The van der Waals surface area contributed by atoms with Crippen LogP contribution in [0.4, 0.5) is 5.82 Å². The molecule has 4 nitrogen and oxygen atoms in total. The van der Waals surface area contributed by atoms with Gasteiger partial charge in [-0.2, -0.15) is 11.8 Å². The van der Waals surface area contributed by atoms with E-state index < -0.39 is 0 Å². The smallest absolute Gasteiger partial charge is 0.266 e. The monoisotopic (exact) mass is 344 g/mol. The number of fused-ring (bicyclic) bond motifs is 1. The van der Waals surface area contributed by atoms with Crippen LogP contribution in [0, 0.1) is 0 Å². The first kappa shape index (κ1) is 16.0. The molecule has 0 atom stereocenters. The molecule has 1 amide bonds. The fraction of sp³-hybridized carbons (Fsp3) is 0.176. The van der Waals surface area contributed by atoms with Crippen molar-refractivity contribution in [2.24, 2.45) is 0 Å². The molecule has 6 heteroatoms. The quantitative estimate of drug-likeness (QED) is 0.668. The van der Waals surface area contributed by atoms with Crippen LogP contribution in [0.25, 0.3) is 10.1 Å². The third-order valence-corrected chi connectivity index (χ3v) is 5.34. The molecule has 0 unspecified atom stereocenters. The number of pyridine rings is 1. The van der Waals surface area contributed by atoms with Crippen LogP contribution in [0.2, 0.25) is 0 Å². The first-order chi connectivity index (χ1) is 11.3. The maximum atomic E-state index is 12.4. The van der Waals surface area contributed by atoms with E-state index in [4.69, 9.17) is 5.11 Å². The highest BCUT2D eigenvalue weighted by molar-refractivity contribution is 7.98. The molecule has 3 aromatic rings. The van der Waals surface area contributed by atoms with Crippen LogP contribution in [0.5, 0.6) is 0 Å². The summed E-state index contributed by atoms with van der Waals surface area (Å²) in [6.45, 7) is 0.172. The summed E-state index contributed by atoms with van der Waals surface area (Å²) in [5.74, 6) is 1.90. The maximum Gasteiger partial charge on any atom is 0.266 e. The molecular weight excluding hydrogens is 328 g/mol. The number of aliphatic hydroxyl groups excluding tert-OH is 1. The van der Waals surface area contributed by atoms with Crippen LogP contribution < -0.4 is 5.32 Å². The van der Waals surface area contributed by atoms with E-state index in [1.807, 2.05) is 42.5 Å². The average molecular weight is 344 g/mol. The van der Waals surface area contributed by atoms with E-state index in [1.54, 1.807) is 18.0 Å². The minimum absolute atomic E-state index is 0.140. The molecule has 0 saturated heterocycles. The van der Waals surface area contributed by atoms with E-state index in [-0.39, 0.29) is 12.5 Å². The third kappa shape index (κ3) is 4.10. The number of aromatic nitrogens is 1. The van der Waals surface area contributed by atoms with Gasteiger partial charge in [-0.25, -0.2) is 4.98 Å². The third-order valence-electron chi connectivity index (χ3n) is 3.22. The first-order valence-corrected chi connectivity index (χ1v) is 9.17. The summed E-state index contributed by atoms with van der Waals surface area (Å²) in [5, 5.41) is 12.7. The summed E-state index contributed by atoms with van der Waals surface area (Å²) >= 11 is 3.12. The van der Waals surface area contributed by atoms with E-state index in [2.05, 4.69) is 10.3 Å². The molecule has 2 heterocycles. The number of nitrogens with zero attached hydrogens (tertiary/aromatic N) is 1. The van der Waals surface area contributed by atoms with Crippen molar-refractivity contribution in [3.8, 4) is 0 Å². The Morgan fingerprint density at radius 1 is 1.26 bits per heavy atom. The van der Waals surface area contributed by atoms with Crippen molar-refractivity contribution in [3.05, 3.63) is 59.1 Å². The number of anilines is 1. The maximum absolute atomic E-state index is 12.4. The largest absolute Gasteiger partial charge is 0.396 e. The number of hydrogen-bond donors (Lipinski definition) is 2. The molecule has 1 aromatic carbocycles. The van der Waals surface area contributed by atoms with E-state index >= 15 is 0 Å². The lowest BCUT2D eigenvalue weighted by molar-refractivity contribution is 0.103. The molecule has 2 aromatic heterocycles. The average Bonchev–Trinajstić information content (AvgIpc) is 3.00. The molecular formula is C17H16N2O2S2. The molecule has 0 fully saturated rings. The zero-order valence-corrected chi connectivity index (χ0v) is 14.0. The Hall–Kier alpha value is -1.89. The van der Waals surface area contributed by atoms with Crippen molar-refractivity contribution in [2.75, 3.05) is 17.7 Å². The molecule has 0 spiro atoms. The topological polar surface area (TPSA) is 62.2 Å². The fourth-order valence-corrected chi connectivity index (χ4v) is 3.81. The Labute approximate surface area is 142 Å². The minimum atomic E-state index is -0.140. The number of carbonyl (C=O) groups is 1. The summed E-state index contributed by atoms with van der Waals surface area (Å²) in [5.41, 5.74) is 1.07. The molecule has 0 saturated carbocycles. The van der Waals surface area contributed by atoms with Crippen molar-refractivity contribution in [1.82, 2.24) is 4.98 Å². The molecule has 0 aliphatic heterocycles. The van der Waals surface area contributed by atoms with Gasteiger partial charge in [0.15, 0.2) is 0 Å². The number of benzene rings is 1. The summed E-state index contributed by atoms with van der Waals surface area (Å²) in [6.07, 6.45) is 1.69. The zero-order valence-electron chi connectivity index (χ0n) is 12.4. The predicted octanol–water partition coefficient (Wildman–Crippen LogP) is 3.77. The van der Waals surface area contributed by atoms with Gasteiger partial charge in [0, 0.05) is 22.4 Å². The zero-order chi connectivity index (χ0) is 16.1. The molecule has 3 rings (SSSR count). The Bertz CT molecular complexity index is 784. The minimum Gasteiger partial charge on any atom is -0.396 e. The van der Waals surface area contributed by atoms with Gasteiger partial charge in [-0.15, -0.1) is 11.3 Å². The summed E-state index contributed by atoms with van der Waals surface area (Å²) in [7, 11) is 0. The molecule has 0 bridgehead atoms. The normalized spacial score (nSPS) is 10.8. The van der Waals surface area contributed by atoms with Gasteiger partial charge in [-0.05, 0) is 35.2 Å². The van der Waals surface area contributed by atoms with Crippen LogP contribution >= 0.6 is 23.1 Å². The Balaban J connectivity index is 1.70. The van der Waals surface area contributed by atoms with Crippen LogP contribution in [0.15, 0.2) is 48.7 Å². The Morgan fingerprint density at radius 2 is 2.13 bits per heavy atom. The molecule has 0 radical (unpaired) electrons. The van der Waals surface area contributed by atoms with Gasteiger partial charge in [0.2, 0.25) is 0 Å². The summed E-state index contributed by atoms with van der Waals surface area (Å²) in [4.78, 5) is 17.3. The van der Waals surface area contributed by atoms with Gasteiger partial charge in [-0.3, -0.25) is 4.79 Å². The Kier molecular flexibility index (Phi) is 5.27.